The molecule has 0 aromatic heterocycles. The van der Waals surface area contributed by atoms with Crippen LogP contribution in [0.3, 0.4) is 0 Å². The second-order valence-corrected chi connectivity index (χ2v) is 3.80. The number of benzene rings is 1. The van der Waals surface area contributed by atoms with E-state index in [1.165, 1.54) is 0 Å². The van der Waals surface area contributed by atoms with Crippen LogP contribution in [0.1, 0.15) is 19.8 Å². The molecule has 0 atom stereocenters. The van der Waals surface area contributed by atoms with Crippen LogP contribution in [0.25, 0.3) is 0 Å². The van der Waals surface area contributed by atoms with Crippen molar-refractivity contribution in [2.24, 2.45) is 0 Å². The molecule has 0 saturated heterocycles. The van der Waals surface area contributed by atoms with Crippen molar-refractivity contribution in [3.8, 4) is 11.5 Å². The molecule has 1 aromatic rings. The zero-order chi connectivity index (χ0) is 12.7. The maximum atomic E-state index is 10.8. The van der Waals surface area contributed by atoms with Crippen molar-refractivity contribution in [3.63, 3.8) is 0 Å². The standard InChI is InChI=1S/C13H19NO3/c1-10(15)5-4-8-14-12-7-6-11(16-2)9-13(12)17-3/h6-7,9,14H,4-5,8H2,1-3H3. The summed E-state index contributed by atoms with van der Waals surface area (Å²) in [6, 6.07) is 5.61. The van der Waals surface area contributed by atoms with E-state index < -0.39 is 0 Å². The molecule has 1 aromatic carbocycles. The fourth-order valence-electron chi connectivity index (χ4n) is 1.50. The Bertz CT molecular complexity index is 377. The Labute approximate surface area is 102 Å². The van der Waals surface area contributed by atoms with Crippen molar-refractivity contribution < 1.29 is 14.3 Å². The number of rotatable bonds is 7. The highest BCUT2D eigenvalue weighted by atomic mass is 16.5. The minimum atomic E-state index is 0.216. The van der Waals surface area contributed by atoms with Crippen LogP contribution in [-0.4, -0.2) is 26.5 Å². The molecule has 0 spiro atoms. The van der Waals surface area contributed by atoms with Crippen molar-refractivity contribution in [3.05, 3.63) is 18.2 Å². The monoisotopic (exact) mass is 237 g/mol. The van der Waals surface area contributed by atoms with Crippen molar-refractivity contribution in [1.82, 2.24) is 0 Å². The van der Waals surface area contributed by atoms with E-state index in [9.17, 15) is 4.79 Å². The summed E-state index contributed by atoms with van der Waals surface area (Å²) in [5.74, 6) is 1.72. The molecule has 1 rings (SSSR count). The number of nitrogens with one attached hydrogen (secondary N) is 1. The van der Waals surface area contributed by atoms with E-state index in [0.29, 0.717) is 6.42 Å². The maximum absolute atomic E-state index is 10.8. The third-order valence-electron chi connectivity index (χ3n) is 2.43. The van der Waals surface area contributed by atoms with E-state index in [1.807, 2.05) is 18.2 Å². The highest BCUT2D eigenvalue weighted by molar-refractivity contribution is 5.75. The Kier molecular flexibility index (Phi) is 5.33. The Morgan fingerprint density at radius 1 is 1.29 bits per heavy atom. The molecule has 94 valence electrons. The number of anilines is 1. The molecule has 0 bridgehead atoms. The summed E-state index contributed by atoms with van der Waals surface area (Å²) in [5, 5.41) is 3.24. The van der Waals surface area contributed by atoms with Gasteiger partial charge in [-0.2, -0.15) is 0 Å². The molecule has 0 aliphatic rings. The van der Waals surface area contributed by atoms with E-state index in [-0.39, 0.29) is 5.78 Å². The lowest BCUT2D eigenvalue weighted by Crippen LogP contribution is -2.05. The average molecular weight is 237 g/mol. The minimum absolute atomic E-state index is 0.216. The van der Waals surface area contributed by atoms with Crippen molar-refractivity contribution in [1.29, 1.82) is 0 Å². The second kappa shape index (κ2) is 6.78. The van der Waals surface area contributed by atoms with Crippen LogP contribution in [0.15, 0.2) is 18.2 Å². The normalized spacial score (nSPS) is 9.82. The predicted molar refractivity (Wildman–Crippen MR) is 68.0 cm³/mol. The summed E-state index contributed by atoms with van der Waals surface area (Å²) >= 11 is 0. The number of carbonyl (C=O) groups excluding carboxylic acids is 1. The van der Waals surface area contributed by atoms with E-state index in [2.05, 4.69) is 5.32 Å². The average Bonchev–Trinajstić information content (AvgIpc) is 2.34. The van der Waals surface area contributed by atoms with Gasteiger partial charge in [0.05, 0.1) is 19.9 Å². The van der Waals surface area contributed by atoms with Crippen LogP contribution in [0.5, 0.6) is 11.5 Å². The number of ketones is 1. The Morgan fingerprint density at radius 2 is 2.06 bits per heavy atom. The van der Waals surface area contributed by atoms with E-state index in [1.54, 1.807) is 21.1 Å². The Morgan fingerprint density at radius 3 is 2.65 bits per heavy atom. The quantitative estimate of drug-likeness (QED) is 0.740. The first-order chi connectivity index (χ1) is 8.17. The van der Waals surface area contributed by atoms with Gasteiger partial charge in [0.25, 0.3) is 0 Å². The highest BCUT2D eigenvalue weighted by Crippen LogP contribution is 2.28. The van der Waals surface area contributed by atoms with Gasteiger partial charge in [0.15, 0.2) is 0 Å². The summed E-state index contributed by atoms with van der Waals surface area (Å²) in [5.41, 5.74) is 0.914. The first-order valence-electron chi connectivity index (χ1n) is 5.62. The molecule has 0 aliphatic carbocycles. The van der Waals surface area contributed by atoms with Gasteiger partial charge in [0, 0.05) is 19.0 Å². The smallest absolute Gasteiger partial charge is 0.145 e. The molecule has 0 saturated carbocycles. The molecular formula is C13H19NO3. The number of hydrogen-bond acceptors (Lipinski definition) is 4. The van der Waals surface area contributed by atoms with E-state index >= 15 is 0 Å². The zero-order valence-electron chi connectivity index (χ0n) is 10.6. The minimum Gasteiger partial charge on any atom is -0.497 e. The van der Waals surface area contributed by atoms with Gasteiger partial charge in [-0.25, -0.2) is 0 Å². The molecule has 0 radical (unpaired) electrons. The third-order valence-corrected chi connectivity index (χ3v) is 2.43. The molecule has 0 unspecified atom stereocenters. The molecule has 0 heterocycles. The van der Waals surface area contributed by atoms with Gasteiger partial charge in [-0.05, 0) is 25.5 Å². The SMILES string of the molecule is COc1ccc(NCCCC(C)=O)c(OC)c1. The topological polar surface area (TPSA) is 47.6 Å². The highest BCUT2D eigenvalue weighted by Gasteiger charge is 2.04. The summed E-state index contributed by atoms with van der Waals surface area (Å²) in [6.45, 7) is 2.36. The predicted octanol–water partition coefficient (Wildman–Crippen LogP) is 2.48. The lowest BCUT2D eigenvalue weighted by atomic mass is 10.2. The number of hydrogen-bond donors (Lipinski definition) is 1. The number of carbonyl (C=O) groups is 1. The summed E-state index contributed by atoms with van der Waals surface area (Å²) in [6.07, 6.45) is 1.43. The fourth-order valence-corrected chi connectivity index (χ4v) is 1.50. The van der Waals surface area contributed by atoms with Crippen LogP contribution >= 0.6 is 0 Å². The van der Waals surface area contributed by atoms with Gasteiger partial charge in [-0.1, -0.05) is 0 Å². The second-order valence-electron chi connectivity index (χ2n) is 3.80. The van der Waals surface area contributed by atoms with Crippen LogP contribution < -0.4 is 14.8 Å². The van der Waals surface area contributed by atoms with Gasteiger partial charge in [-0.15, -0.1) is 0 Å². The lowest BCUT2D eigenvalue weighted by molar-refractivity contribution is -0.117. The van der Waals surface area contributed by atoms with Crippen molar-refractivity contribution >= 4 is 11.5 Å². The van der Waals surface area contributed by atoms with E-state index in [0.717, 1.165) is 30.2 Å². The zero-order valence-corrected chi connectivity index (χ0v) is 10.6. The van der Waals surface area contributed by atoms with Gasteiger partial charge in [0.1, 0.15) is 17.3 Å². The number of methoxy groups -OCH3 is 2. The molecule has 0 fully saturated rings. The van der Waals surface area contributed by atoms with Crippen LogP contribution in [-0.2, 0) is 4.79 Å². The number of Topliss-reactive ketones (excluding diaryl/α,β-unsaturated/α-hetero) is 1. The molecule has 17 heavy (non-hydrogen) atoms. The molecular weight excluding hydrogens is 218 g/mol. The molecule has 0 amide bonds. The maximum Gasteiger partial charge on any atom is 0.145 e. The van der Waals surface area contributed by atoms with E-state index in [4.69, 9.17) is 9.47 Å². The van der Waals surface area contributed by atoms with Crippen LogP contribution in [0, 0.1) is 0 Å². The van der Waals surface area contributed by atoms with Crippen LogP contribution in [0.2, 0.25) is 0 Å². The third kappa shape index (κ3) is 4.34. The summed E-state index contributed by atoms with van der Waals surface area (Å²) in [4.78, 5) is 10.8. The Hall–Kier alpha value is -1.71. The molecule has 4 nitrogen and oxygen atoms in total. The van der Waals surface area contributed by atoms with Crippen LogP contribution in [0.4, 0.5) is 5.69 Å². The largest absolute Gasteiger partial charge is 0.497 e. The first-order valence-corrected chi connectivity index (χ1v) is 5.62. The molecule has 4 heteroatoms. The van der Waals surface area contributed by atoms with Gasteiger partial charge in [-0.3, -0.25) is 0 Å². The molecule has 0 aliphatic heterocycles. The van der Waals surface area contributed by atoms with Gasteiger partial charge >= 0.3 is 0 Å². The van der Waals surface area contributed by atoms with Gasteiger partial charge < -0.3 is 19.6 Å². The van der Waals surface area contributed by atoms with Crippen molar-refractivity contribution in [2.45, 2.75) is 19.8 Å². The molecule has 1 N–H and O–H groups in total. The number of ether oxygens (including phenoxy) is 2. The van der Waals surface area contributed by atoms with Crippen molar-refractivity contribution in [2.75, 3.05) is 26.1 Å². The van der Waals surface area contributed by atoms with Gasteiger partial charge in [0.2, 0.25) is 0 Å². The lowest BCUT2D eigenvalue weighted by Gasteiger charge is -2.12. The summed E-state index contributed by atoms with van der Waals surface area (Å²) in [7, 11) is 3.24. The fraction of sp³-hybridized carbons (Fsp3) is 0.462. The Balaban J connectivity index is 2.55. The first kappa shape index (κ1) is 13.4. The summed E-state index contributed by atoms with van der Waals surface area (Å²) < 4.78 is 10.4.